The number of imidazole rings is 1. The van der Waals surface area contributed by atoms with Gasteiger partial charge in [0, 0.05) is 5.56 Å². The molecule has 0 aliphatic rings. The Kier molecular flexibility index (Phi) is 3.98. The number of carbonyl (C=O) groups is 1. The highest BCUT2D eigenvalue weighted by Crippen LogP contribution is 2.26. The molecule has 1 heterocycles. The van der Waals surface area contributed by atoms with E-state index in [0.717, 1.165) is 24.4 Å². The maximum Gasteiger partial charge on any atom is 0.275 e. The van der Waals surface area contributed by atoms with E-state index in [2.05, 4.69) is 4.98 Å². The number of aromatic nitrogens is 2. The van der Waals surface area contributed by atoms with Crippen LogP contribution >= 0.6 is 0 Å². The molecule has 0 unspecified atom stereocenters. The molecule has 0 radical (unpaired) electrons. The molecule has 0 spiro atoms. The van der Waals surface area contributed by atoms with Gasteiger partial charge >= 0.3 is 0 Å². The molecule has 0 bridgehead atoms. The minimum absolute atomic E-state index is 0.111. The van der Waals surface area contributed by atoms with Crippen LogP contribution in [0.3, 0.4) is 0 Å². The number of hydrogen-bond donors (Lipinski definition) is 0. The molecule has 0 atom stereocenters. The van der Waals surface area contributed by atoms with Gasteiger partial charge in [-0.1, -0.05) is 36.4 Å². The van der Waals surface area contributed by atoms with E-state index in [9.17, 15) is 22.0 Å². The van der Waals surface area contributed by atoms with Crippen molar-refractivity contribution in [3.63, 3.8) is 0 Å². The van der Waals surface area contributed by atoms with E-state index in [1.807, 2.05) is 0 Å². The third-order valence-electron chi connectivity index (χ3n) is 3.28. The molecule has 3 rings (SSSR count). The lowest BCUT2D eigenvalue weighted by molar-refractivity contribution is 0.111. The Morgan fingerprint density at radius 1 is 0.958 bits per heavy atom. The van der Waals surface area contributed by atoms with Crippen LogP contribution in [-0.2, 0) is 10.0 Å². The van der Waals surface area contributed by atoms with Crippen LogP contribution in [0.1, 0.15) is 10.5 Å². The van der Waals surface area contributed by atoms with Crippen LogP contribution in [-0.4, -0.2) is 23.7 Å². The van der Waals surface area contributed by atoms with Gasteiger partial charge < -0.3 is 0 Å². The smallest absolute Gasteiger partial charge is 0.275 e. The van der Waals surface area contributed by atoms with E-state index in [1.165, 1.54) is 0 Å². The van der Waals surface area contributed by atoms with Crippen molar-refractivity contribution >= 4 is 16.3 Å². The van der Waals surface area contributed by atoms with Crippen LogP contribution in [0.4, 0.5) is 8.78 Å². The summed E-state index contributed by atoms with van der Waals surface area (Å²) in [5.74, 6) is -2.56. The van der Waals surface area contributed by atoms with E-state index in [1.54, 1.807) is 30.3 Å². The molecule has 24 heavy (non-hydrogen) atoms. The SMILES string of the molecule is O=Cc1cn(S(=O)(=O)c2c(F)cccc2F)c(-c2ccccc2)n1. The van der Waals surface area contributed by atoms with Crippen molar-refractivity contribution in [2.24, 2.45) is 0 Å². The Labute approximate surface area is 136 Å². The zero-order valence-corrected chi connectivity index (χ0v) is 12.9. The number of benzene rings is 2. The fraction of sp³-hybridized carbons (Fsp3) is 0. The molecular formula is C16H10F2N2O3S. The lowest BCUT2D eigenvalue weighted by atomic mass is 10.2. The van der Waals surface area contributed by atoms with E-state index in [0.29, 0.717) is 15.8 Å². The summed E-state index contributed by atoms with van der Waals surface area (Å²) in [5, 5.41) is 0. The summed E-state index contributed by atoms with van der Waals surface area (Å²) in [4.78, 5) is 13.8. The highest BCUT2D eigenvalue weighted by atomic mass is 32.2. The molecule has 0 saturated carbocycles. The van der Waals surface area contributed by atoms with Crippen molar-refractivity contribution < 1.29 is 22.0 Å². The Morgan fingerprint density at radius 2 is 1.58 bits per heavy atom. The summed E-state index contributed by atoms with van der Waals surface area (Å²) in [5.41, 5.74) is 0.208. The summed E-state index contributed by atoms with van der Waals surface area (Å²) in [6.07, 6.45) is 1.28. The summed E-state index contributed by atoms with van der Waals surface area (Å²) < 4.78 is 53.9. The van der Waals surface area contributed by atoms with Gasteiger partial charge in [-0.25, -0.2) is 26.2 Å². The molecule has 0 saturated heterocycles. The molecule has 5 nitrogen and oxygen atoms in total. The molecule has 1 aromatic heterocycles. The van der Waals surface area contributed by atoms with Gasteiger partial charge in [0.1, 0.15) is 17.3 Å². The zero-order valence-electron chi connectivity index (χ0n) is 12.1. The van der Waals surface area contributed by atoms with Gasteiger partial charge in [-0.3, -0.25) is 4.79 Å². The summed E-state index contributed by atoms with van der Waals surface area (Å²) in [6.45, 7) is 0. The molecule has 3 aromatic rings. The molecule has 2 aromatic carbocycles. The maximum absolute atomic E-state index is 13.9. The molecular weight excluding hydrogens is 338 g/mol. The average Bonchev–Trinajstić information content (AvgIpc) is 3.00. The van der Waals surface area contributed by atoms with Crippen LogP contribution < -0.4 is 0 Å². The van der Waals surface area contributed by atoms with Gasteiger partial charge in [0.25, 0.3) is 10.0 Å². The van der Waals surface area contributed by atoms with Crippen molar-refractivity contribution in [2.75, 3.05) is 0 Å². The predicted molar refractivity (Wildman–Crippen MR) is 82.0 cm³/mol. The third kappa shape index (κ3) is 2.61. The quantitative estimate of drug-likeness (QED) is 0.680. The molecule has 0 amide bonds. The minimum Gasteiger partial charge on any atom is -0.296 e. The lowest BCUT2D eigenvalue weighted by Gasteiger charge is -2.10. The van der Waals surface area contributed by atoms with Crippen LogP contribution in [0.5, 0.6) is 0 Å². The van der Waals surface area contributed by atoms with Crippen LogP contribution in [0.15, 0.2) is 59.6 Å². The minimum atomic E-state index is -4.62. The van der Waals surface area contributed by atoms with Gasteiger partial charge in [0.15, 0.2) is 17.0 Å². The number of aldehydes is 1. The topological polar surface area (TPSA) is 69.0 Å². The van der Waals surface area contributed by atoms with Crippen molar-refractivity contribution in [3.8, 4) is 11.4 Å². The normalized spacial score (nSPS) is 11.4. The van der Waals surface area contributed by atoms with Gasteiger partial charge in [-0.05, 0) is 12.1 Å². The van der Waals surface area contributed by atoms with E-state index in [-0.39, 0.29) is 11.5 Å². The fourth-order valence-electron chi connectivity index (χ4n) is 2.23. The monoisotopic (exact) mass is 348 g/mol. The van der Waals surface area contributed by atoms with Gasteiger partial charge in [-0.2, -0.15) is 0 Å². The molecule has 0 fully saturated rings. The second-order valence-corrected chi connectivity index (χ2v) is 6.58. The summed E-state index contributed by atoms with van der Waals surface area (Å²) in [7, 11) is -4.62. The van der Waals surface area contributed by atoms with Gasteiger partial charge in [-0.15, -0.1) is 0 Å². The summed E-state index contributed by atoms with van der Waals surface area (Å²) >= 11 is 0. The molecule has 0 aliphatic carbocycles. The molecule has 8 heteroatoms. The summed E-state index contributed by atoms with van der Waals surface area (Å²) in [6, 6.07) is 10.9. The predicted octanol–water partition coefficient (Wildman–Crippen LogP) is 2.88. The highest BCUT2D eigenvalue weighted by molar-refractivity contribution is 7.90. The van der Waals surface area contributed by atoms with E-state index in [4.69, 9.17) is 0 Å². The lowest BCUT2D eigenvalue weighted by Crippen LogP contribution is -2.16. The van der Waals surface area contributed by atoms with E-state index >= 15 is 0 Å². The Morgan fingerprint density at radius 3 is 2.17 bits per heavy atom. The Hall–Kier alpha value is -2.87. The average molecular weight is 348 g/mol. The Balaban J connectivity index is 2.30. The Bertz CT molecular complexity index is 995. The van der Waals surface area contributed by atoms with Crippen molar-refractivity contribution in [1.82, 2.24) is 8.96 Å². The second kappa shape index (κ2) is 5.97. The largest absolute Gasteiger partial charge is 0.296 e. The number of hydrogen-bond acceptors (Lipinski definition) is 4. The van der Waals surface area contributed by atoms with Crippen LogP contribution in [0.25, 0.3) is 11.4 Å². The van der Waals surface area contributed by atoms with E-state index < -0.39 is 26.6 Å². The first-order valence-corrected chi connectivity index (χ1v) is 8.18. The second-order valence-electron chi connectivity index (χ2n) is 4.82. The van der Waals surface area contributed by atoms with Crippen molar-refractivity contribution in [2.45, 2.75) is 4.90 Å². The fourth-order valence-corrected chi connectivity index (χ4v) is 3.67. The highest BCUT2D eigenvalue weighted by Gasteiger charge is 2.29. The maximum atomic E-state index is 13.9. The third-order valence-corrected chi connectivity index (χ3v) is 4.98. The number of halogens is 2. The van der Waals surface area contributed by atoms with Crippen molar-refractivity contribution in [1.29, 1.82) is 0 Å². The van der Waals surface area contributed by atoms with Crippen LogP contribution in [0, 0.1) is 11.6 Å². The molecule has 122 valence electrons. The first-order chi connectivity index (χ1) is 11.4. The van der Waals surface area contributed by atoms with Crippen molar-refractivity contribution in [3.05, 3.63) is 72.1 Å². The van der Waals surface area contributed by atoms with Gasteiger partial charge in [0.2, 0.25) is 0 Å². The van der Waals surface area contributed by atoms with Crippen LogP contribution in [0.2, 0.25) is 0 Å². The first kappa shape index (κ1) is 16.0. The number of rotatable bonds is 4. The number of nitrogens with zero attached hydrogens (tertiary/aromatic N) is 2. The molecule has 0 N–H and O–H groups in total. The first-order valence-electron chi connectivity index (χ1n) is 6.74. The number of carbonyl (C=O) groups excluding carboxylic acids is 1. The zero-order chi connectivity index (χ0) is 17.3. The molecule has 0 aliphatic heterocycles. The van der Waals surface area contributed by atoms with Gasteiger partial charge in [0.05, 0.1) is 6.20 Å². The standard InChI is InChI=1S/C16H10F2N2O3S/c17-13-7-4-8-14(18)15(13)24(22,23)20-9-12(10-21)19-16(20)11-5-2-1-3-6-11/h1-10H.